The first-order chi connectivity index (χ1) is 10.2. The highest BCUT2D eigenvalue weighted by atomic mass is 16.2. The molecule has 0 aliphatic heterocycles. The number of rotatable bonds is 3. The highest BCUT2D eigenvalue weighted by Gasteiger charge is 2.37. The van der Waals surface area contributed by atoms with E-state index in [0.29, 0.717) is 22.4 Å². The second-order valence-electron chi connectivity index (χ2n) is 4.67. The number of nitrogens with zero attached hydrogens (tertiary/aromatic N) is 1. The summed E-state index contributed by atoms with van der Waals surface area (Å²) in [6.07, 6.45) is 0. The number of carbonyl (C=O) groups is 2. The van der Waals surface area contributed by atoms with Gasteiger partial charge in [-0.25, -0.2) is 5.43 Å². The van der Waals surface area contributed by atoms with Crippen LogP contribution in [0.5, 0.6) is 0 Å². The quantitative estimate of drug-likeness (QED) is 0.661. The van der Waals surface area contributed by atoms with Crippen LogP contribution in [0, 0.1) is 11.3 Å². The molecule has 0 fully saturated rings. The van der Waals surface area contributed by atoms with E-state index >= 15 is 0 Å². The molecule has 2 N–H and O–H groups in total. The van der Waals surface area contributed by atoms with E-state index in [-0.39, 0.29) is 11.6 Å². The van der Waals surface area contributed by atoms with Crippen LogP contribution in [0.2, 0.25) is 0 Å². The van der Waals surface area contributed by atoms with Gasteiger partial charge in [-0.1, -0.05) is 24.3 Å². The molecular formula is C16H11N3O2. The Labute approximate surface area is 121 Å². The van der Waals surface area contributed by atoms with E-state index in [1.165, 1.54) is 0 Å². The van der Waals surface area contributed by atoms with E-state index in [0.717, 1.165) is 0 Å². The number of nitrogens with one attached hydrogen (secondary N) is 2. The second kappa shape index (κ2) is 5.19. The molecule has 0 unspecified atom stereocenters. The largest absolute Gasteiger partial charge is 0.320 e. The summed E-state index contributed by atoms with van der Waals surface area (Å²) in [5.41, 5.74) is 7.69. The zero-order chi connectivity index (χ0) is 14.8. The topological polar surface area (TPSA) is 82.0 Å². The minimum Gasteiger partial charge on any atom is -0.320 e. The molecule has 3 rings (SSSR count). The lowest BCUT2D eigenvalue weighted by molar-refractivity contribution is 0.0874. The van der Waals surface area contributed by atoms with Gasteiger partial charge >= 0.3 is 0 Å². The van der Waals surface area contributed by atoms with Crippen LogP contribution < -0.4 is 10.9 Å². The lowest BCUT2D eigenvalue weighted by atomic mass is 10.1. The number of carbonyl (C=O) groups excluding carboxylic acids is 2. The van der Waals surface area contributed by atoms with Crippen LogP contribution in [0.1, 0.15) is 26.3 Å². The van der Waals surface area contributed by atoms with Gasteiger partial charge in [-0.15, -0.1) is 0 Å². The van der Waals surface area contributed by atoms with Crippen molar-refractivity contribution in [2.24, 2.45) is 0 Å². The van der Waals surface area contributed by atoms with Gasteiger partial charge in [0.15, 0.2) is 17.6 Å². The van der Waals surface area contributed by atoms with Crippen molar-refractivity contribution in [1.29, 1.82) is 5.26 Å². The van der Waals surface area contributed by atoms with Crippen molar-refractivity contribution in [3.63, 3.8) is 0 Å². The van der Waals surface area contributed by atoms with Crippen molar-refractivity contribution < 1.29 is 9.59 Å². The Morgan fingerprint density at radius 2 is 1.48 bits per heavy atom. The molecule has 0 saturated heterocycles. The number of ketones is 2. The third kappa shape index (κ3) is 2.29. The second-order valence-corrected chi connectivity index (χ2v) is 4.67. The molecule has 0 spiro atoms. The SMILES string of the molecule is N#Cc1ccc(NNC2C(=O)c3ccccc3C2=O)cc1. The van der Waals surface area contributed by atoms with Gasteiger partial charge in [-0.2, -0.15) is 5.26 Å². The first kappa shape index (κ1) is 13.0. The number of nitriles is 1. The summed E-state index contributed by atoms with van der Waals surface area (Å²) < 4.78 is 0. The Hall–Kier alpha value is -2.97. The Bertz CT molecular complexity index is 725. The number of hydrogen-bond acceptors (Lipinski definition) is 5. The number of Topliss-reactive ketones (excluding diaryl/α,β-unsaturated/α-hetero) is 2. The highest BCUT2D eigenvalue weighted by Crippen LogP contribution is 2.22. The number of anilines is 1. The van der Waals surface area contributed by atoms with E-state index in [1.54, 1.807) is 48.5 Å². The molecular weight excluding hydrogens is 266 g/mol. The van der Waals surface area contributed by atoms with E-state index in [9.17, 15) is 9.59 Å². The third-order valence-corrected chi connectivity index (χ3v) is 3.36. The van der Waals surface area contributed by atoms with Crippen LogP contribution >= 0.6 is 0 Å². The van der Waals surface area contributed by atoms with Crippen molar-refractivity contribution in [3.8, 4) is 6.07 Å². The summed E-state index contributed by atoms with van der Waals surface area (Å²) in [4.78, 5) is 24.3. The molecule has 0 aromatic heterocycles. The van der Waals surface area contributed by atoms with Gasteiger partial charge in [0.2, 0.25) is 0 Å². The van der Waals surface area contributed by atoms with Crippen LogP contribution in [-0.2, 0) is 0 Å². The van der Waals surface area contributed by atoms with Crippen LogP contribution in [0.3, 0.4) is 0 Å². The van der Waals surface area contributed by atoms with Crippen molar-refractivity contribution in [1.82, 2.24) is 5.43 Å². The summed E-state index contributed by atoms with van der Waals surface area (Å²) in [6.45, 7) is 0. The average Bonchev–Trinajstić information content (AvgIpc) is 2.78. The fraction of sp³-hybridized carbons (Fsp3) is 0.0625. The van der Waals surface area contributed by atoms with Crippen molar-refractivity contribution in [2.45, 2.75) is 6.04 Å². The van der Waals surface area contributed by atoms with Gasteiger partial charge in [-0.3, -0.25) is 9.59 Å². The van der Waals surface area contributed by atoms with Crippen molar-refractivity contribution >= 4 is 17.3 Å². The fourth-order valence-electron chi connectivity index (χ4n) is 2.26. The summed E-state index contributed by atoms with van der Waals surface area (Å²) in [6, 6.07) is 14.6. The van der Waals surface area contributed by atoms with Gasteiger partial charge in [0.25, 0.3) is 0 Å². The number of benzene rings is 2. The van der Waals surface area contributed by atoms with Gasteiger partial charge in [0.1, 0.15) is 0 Å². The van der Waals surface area contributed by atoms with Crippen LogP contribution in [0.15, 0.2) is 48.5 Å². The van der Waals surface area contributed by atoms with Crippen LogP contribution in [-0.4, -0.2) is 17.6 Å². The Morgan fingerprint density at radius 1 is 0.905 bits per heavy atom. The minimum atomic E-state index is -0.918. The van der Waals surface area contributed by atoms with E-state index in [2.05, 4.69) is 10.9 Å². The van der Waals surface area contributed by atoms with Crippen molar-refractivity contribution in [2.75, 3.05) is 5.43 Å². The summed E-state index contributed by atoms with van der Waals surface area (Å²) >= 11 is 0. The molecule has 21 heavy (non-hydrogen) atoms. The maximum Gasteiger partial charge on any atom is 0.190 e. The molecule has 102 valence electrons. The standard InChI is InChI=1S/C16H11N3O2/c17-9-10-5-7-11(8-6-10)18-19-14-15(20)12-3-1-2-4-13(12)16(14)21/h1-8,14,18-19H. The van der Waals surface area contributed by atoms with Crippen LogP contribution in [0.4, 0.5) is 5.69 Å². The average molecular weight is 277 g/mol. The number of hydrogen-bond donors (Lipinski definition) is 2. The monoisotopic (exact) mass is 277 g/mol. The molecule has 5 nitrogen and oxygen atoms in total. The van der Waals surface area contributed by atoms with Crippen LogP contribution in [0.25, 0.3) is 0 Å². The molecule has 1 aliphatic carbocycles. The molecule has 2 aromatic rings. The van der Waals surface area contributed by atoms with Gasteiger partial charge in [0, 0.05) is 16.8 Å². The van der Waals surface area contributed by atoms with E-state index in [4.69, 9.17) is 5.26 Å². The summed E-state index contributed by atoms with van der Waals surface area (Å²) in [5.74, 6) is -0.478. The Balaban J connectivity index is 1.73. The zero-order valence-electron chi connectivity index (χ0n) is 11.0. The van der Waals surface area contributed by atoms with E-state index < -0.39 is 6.04 Å². The van der Waals surface area contributed by atoms with Crippen molar-refractivity contribution in [3.05, 3.63) is 65.2 Å². The molecule has 5 heteroatoms. The minimum absolute atomic E-state index is 0.239. The molecule has 2 aromatic carbocycles. The Morgan fingerprint density at radius 3 is 2.00 bits per heavy atom. The normalized spacial score (nSPS) is 13.9. The fourth-order valence-corrected chi connectivity index (χ4v) is 2.26. The number of fused-ring (bicyclic) bond motifs is 1. The third-order valence-electron chi connectivity index (χ3n) is 3.36. The molecule has 0 atom stereocenters. The molecule has 0 radical (unpaired) electrons. The lowest BCUT2D eigenvalue weighted by Crippen LogP contribution is -2.42. The molecule has 1 aliphatic rings. The molecule has 0 saturated carbocycles. The smallest absolute Gasteiger partial charge is 0.190 e. The highest BCUT2D eigenvalue weighted by molar-refractivity contribution is 6.29. The molecule has 0 amide bonds. The predicted molar refractivity (Wildman–Crippen MR) is 76.8 cm³/mol. The number of hydrazine groups is 1. The summed E-state index contributed by atoms with van der Waals surface area (Å²) in [5, 5.41) is 8.73. The lowest BCUT2D eigenvalue weighted by Gasteiger charge is -2.12. The predicted octanol–water partition coefficient (Wildman–Crippen LogP) is 1.92. The summed E-state index contributed by atoms with van der Waals surface area (Å²) in [7, 11) is 0. The zero-order valence-corrected chi connectivity index (χ0v) is 11.0. The van der Waals surface area contributed by atoms with Gasteiger partial charge < -0.3 is 5.43 Å². The van der Waals surface area contributed by atoms with Gasteiger partial charge in [-0.05, 0) is 24.3 Å². The van der Waals surface area contributed by atoms with Gasteiger partial charge in [0.05, 0.1) is 11.6 Å². The Kier molecular flexibility index (Phi) is 3.22. The van der Waals surface area contributed by atoms with E-state index in [1.807, 2.05) is 6.07 Å². The first-order valence-corrected chi connectivity index (χ1v) is 6.40. The molecule has 0 heterocycles. The first-order valence-electron chi connectivity index (χ1n) is 6.40. The molecule has 0 bridgehead atoms. The maximum atomic E-state index is 12.2. The maximum absolute atomic E-state index is 12.2.